The van der Waals surface area contributed by atoms with Crippen LogP contribution in [-0.2, 0) is 5.54 Å². The molecule has 1 saturated carbocycles. The SMILES string of the molecule is N#Cc1nccc(C2(NC(=O)Nc3ccc(-c4ccc(OCCN)cc4)cc3)CCCCC2)n1. The molecule has 0 saturated heterocycles. The first-order valence-corrected chi connectivity index (χ1v) is 11.5. The fraction of sp³-hybridized carbons (Fsp3) is 0.308. The van der Waals surface area contributed by atoms with E-state index in [0.717, 1.165) is 49.0 Å². The van der Waals surface area contributed by atoms with Crippen LogP contribution in [0.25, 0.3) is 11.1 Å². The topological polar surface area (TPSA) is 126 Å². The van der Waals surface area contributed by atoms with Gasteiger partial charge in [-0.1, -0.05) is 43.5 Å². The Balaban J connectivity index is 1.44. The largest absolute Gasteiger partial charge is 0.492 e. The van der Waals surface area contributed by atoms with Crippen molar-refractivity contribution in [2.45, 2.75) is 37.6 Å². The Morgan fingerprint density at radius 3 is 2.35 bits per heavy atom. The number of urea groups is 1. The molecule has 3 aromatic rings. The van der Waals surface area contributed by atoms with Crippen LogP contribution in [-0.4, -0.2) is 29.2 Å². The van der Waals surface area contributed by atoms with Crippen molar-refractivity contribution in [3.05, 3.63) is 72.3 Å². The van der Waals surface area contributed by atoms with Gasteiger partial charge in [-0.15, -0.1) is 0 Å². The summed E-state index contributed by atoms with van der Waals surface area (Å²) in [4.78, 5) is 21.3. The number of aromatic nitrogens is 2. The van der Waals surface area contributed by atoms with E-state index in [0.29, 0.717) is 24.5 Å². The number of hydrogen-bond acceptors (Lipinski definition) is 6. The van der Waals surface area contributed by atoms with E-state index >= 15 is 0 Å². The second-order valence-corrected chi connectivity index (χ2v) is 8.34. The smallest absolute Gasteiger partial charge is 0.319 e. The van der Waals surface area contributed by atoms with E-state index in [1.807, 2.05) is 54.6 Å². The van der Waals surface area contributed by atoms with E-state index in [1.54, 1.807) is 12.3 Å². The first-order valence-electron chi connectivity index (χ1n) is 11.5. The van der Waals surface area contributed by atoms with Crippen molar-refractivity contribution in [3.8, 4) is 22.9 Å². The maximum Gasteiger partial charge on any atom is 0.319 e. The zero-order valence-corrected chi connectivity index (χ0v) is 19.0. The fourth-order valence-corrected chi connectivity index (χ4v) is 4.33. The summed E-state index contributed by atoms with van der Waals surface area (Å²) in [5.74, 6) is 0.894. The number of amides is 2. The highest BCUT2D eigenvalue weighted by Crippen LogP contribution is 2.36. The van der Waals surface area contributed by atoms with Crippen LogP contribution in [0, 0.1) is 11.3 Å². The molecule has 8 heteroatoms. The van der Waals surface area contributed by atoms with Gasteiger partial charge in [0.2, 0.25) is 5.82 Å². The standard InChI is InChI=1S/C26H28N6O2/c27-15-17-34-22-10-6-20(7-11-22)19-4-8-21(9-5-19)30-25(33)32-26(13-2-1-3-14-26)23-12-16-29-24(18-28)31-23/h4-12,16H,1-3,13-15,17,27H2,(H2,30,32,33). The predicted octanol–water partition coefficient (Wildman–Crippen LogP) is 4.33. The maximum atomic E-state index is 12.9. The van der Waals surface area contributed by atoms with E-state index < -0.39 is 5.54 Å². The lowest BCUT2D eigenvalue weighted by Crippen LogP contribution is -2.49. The molecule has 2 aromatic carbocycles. The normalized spacial score (nSPS) is 14.6. The molecule has 0 spiro atoms. The average Bonchev–Trinajstić information content (AvgIpc) is 2.89. The minimum atomic E-state index is -0.607. The molecule has 4 N–H and O–H groups in total. The fourth-order valence-electron chi connectivity index (χ4n) is 4.33. The summed E-state index contributed by atoms with van der Waals surface area (Å²) in [6.45, 7) is 0.963. The number of nitrogens with two attached hydrogens (primary N) is 1. The molecule has 1 fully saturated rings. The van der Waals surface area contributed by atoms with Crippen LogP contribution in [0.15, 0.2) is 60.8 Å². The van der Waals surface area contributed by atoms with Crippen LogP contribution < -0.4 is 21.1 Å². The van der Waals surface area contributed by atoms with E-state index in [2.05, 4.69) is 20.6 Å². The van der Waals surface area contributed by atoms with Crippen molar-refractivity contribution in [3.63, 3.8) is 0 Å². The number of rotatable bonds is 7. The molecule has 0 bridgehead atoms. The van der Waals surface area contributed by atoms with Crippen molar-refractivity contribution in [1.82, 2.24) is 15.3 Å². The summed E-state index contributed by atoms with van der Waals surface area (Å²) in [5, 5.41) is 15.3. The van der Waals surface area contributed by atoms with Crippen LogP contribution in [0.3, 0.4) is 0 Å². The Morgan fingerprint density at radius 2 is 1.71 bits per heavy atom. The van der Waals surface area contributed by atoms with Gasteiger partial charge in [-0.2, -0.15) is 5.26 Å². The second kappa shape index (κ2) is 10.8. The lowest BCUT2D eigenvalue weighted by atomic mass is 9.79. The van der Waals surface area contributed by atoms with Gasteiger partial charge in [0.05, 0.1) is 11.2 Å². The molecule has 0 unspecified atom stereocenters. The highest BCUT2D eigenvalue weighted by molar-refractivity contribution is 5.90. The number of anilines is 1. The van der Waals surface area contributed by atoms with Gasteiger partial charge in [0.15, 0.2) is 0 Å². The Morgan fingerprint density at radius 1 is 1.03 bits per heavy atom. The number of nitriles is 1. The van der Waals surface area contributed by atoms with Crippen molar-refractivity contribution < 1.29 is 9.53 Å². The third-order valence-corrected chi connectivity index (χ3v) is 6.02. The summed E-state index contributed by atoms with van der Waals surface area (Å²) < 4.78 is 5.52. The van der Waals surface area contributed by atoms with Gasteiger partial charge < -0.3 is 21.1 Å². The number of hydrogen-bond donors (Lipinski definition) is 3. The molecule has 0 atom stereocenters. The molecule has 0 aliphatic heterocycles. The van der Waals surface area contributed by atoms with Crippen LogP contribution >= 0.6 is 0 Å². The molecule has 1 aliphatic carbocycles. The van der Waals surface area contributed by atoms with Crippen molar-refractivity contribution >= 4 is 11.7 Å². The summed E-state index contributed by atoms with van der Waals surface area (Å²) in [6, 6.07) is 19.0. The van der Waals surface area contributed by atoms with Crippen LogP contribution in [0.4, 0.5) is 10.5 Å². The van der Waals surface area contributed by atoms with Gasteiger partial charge in [0.1, 0.15) is 18.4 Å². The van der Waals surface area contributed by atoms with E-state index in [-0.39, 0.29) is 11.9 Å². The number of carbonyl (C=O) groups is 1. The van der Waals surface area contributed by atoms with Crippen molar-refractivity contribution in [1.29, 1.82) is 5.26 Å². The Labute approximate surface area is 199 Å². The molecule has 2 amide bonds. The molecular weight excluding hydrogens is 428 g/mol. The van der Waals surface area contributed by atoms with Gasteiger partial charge in [0, 0.05) is 18.4 Å². The second-order valence-electron chi connectivity index (χ2n) is 8.34. The molecule has 1 aliphatic rings. The number of carbonyl (C=O) groups excluding carboxylic acids is 1. The first kappa shape index (κ1) is 23.2. The zero-order chi connectivity index (χ0) is 23.8. The van der Waals surface area contributed by atoms with Crippen molar-refractivity contribution in [2.24, 2.45) is 5.73 Å². The van der Waals surface area contributed by atoms with E-state index in [1.165, 1.54) is 0 Å². The number of nitrogens with one attached hydrogen (secondary N) is 2. The maximum absolute atomic E-state index is 12.9. The van der Waals surface area contributed by atoms with Gasteiger partial charge in [-0.25, -0.2) is 14.8 Å². The minimum absolute atomic E-state index is 0.110. The molecule has 34 heavy (non-hydrogen) atoms. The lowest BCUT2D eigenvalue weighted by Gasteiger charge is -2.37. The van der Waals surface area contributed by atoms with Crippen molar-refractivity contribution in [2.75, 3.05) is 18.5 Å². The summed E-state index contributed by atoms with van der Waals surface area (Å²) in [7, 11) is 0. The Bertz CT molecular complexity index is 1150. The average molecular weight is 457 g/mol. The summed E-state index contributed by atoms with van der Waals surface area (Å²) in [5.41, 5.74) is 8.32. The predicted molar refractivity (Wildman–Crippen MR) is 130 cm³/mol. The third kappa shape index (κ3) is 5.50. The summed E-state index contributed by atoms with van der Waals surface area (Å²) >= 11 is 0. The highest BCUT2D eigenvalue weighted by Gasteiger charge is 2.37. The van der Waals surface area contributed by atoms with Crippen LogP contribution in [0.5, 0.6) is 5.75 Å². The molecule has 1 aromatic heterocycles. The van der Waals surface area contributed by atoms with Gasteiger partial charge in [0.25, 0.3) is 0 Å². The Kier molecular flexibility index (Phi) is 7.35. The molecule has 1 heterocycles. The molecular formula is C26H28N6O2. The van der Waals surface area contributed by atoms with E-state index in [4.69, 9.17) is 10.5 Å². The third-order valence-electron chi connectivity index (χ3n) is 6.02. The monoisotopic (exact) mass is 456 g/mol. The number of benzene rings is 2. The molecule has 4 rings (SSSR count). The Hall–Kier alpha value is -3.96. The molecule has 0 radical (unpaired) electrons. The highest BCUT2D eigenvalue weighted by atomic mass is 16.5. The van der Waals surface area contributed by atoms with Gasteiger partial charge in [-0.3, -0.25) is 0 Å². The lowest BCUT2D eigenvalue weighted by molar-refractivity contribution is 0.209. The quantitative estimate of drug-likeness (QED) is 0.486. The van der Waals surface area contributed by atoms with E-state index in [9.17, 15) is 10.1 Å². The van der Waals surface area contributed by atoms with Gasteiger partial charge >= 0.3 is 6.03 Å². The molecule has 8 nitrogen and oxygen atoms in total. The minimum Gasteiger partial charge on any atom is -0.492 e. The molecule has 174 valence electrons. The first-order chi connectivity index (χ1) is 16.6. The van der Waals surface area contributed by atoms with Crippen LogP contribution in [0.1, 0.15) is 43.6 Å². The number of nitrogens with zero attached hydrogens (tertiary/aromatic N) is 3. The van der Waals surface area contributed by atoms with Crippen LogP contribution in [0.2, 0.25) is 0 Å². The van der Waals surface area contributed by atoms with Gasteiger partial charge in [-0.05, 0) is 54.3 Å². The zero-order valence-electron chi connectivity index (χ0n) is 19.0. The summed E-state index contributed by atoms with van der Waals surface area (Å²) in [6.07, 6.45) is 6.20. The number of ether oxygens (including phenoxy) is 1.